The van der Waals surface area contributed by atoms with Crippen molar-refractivity contribution in [1.29, 1.82) is 0 Å². The summed E-state index contributed by atoms with van der Waals surface area (Å²) in [6.45, 7) is 3.94. The van der Waals surface area contributed by atoms with Gasteiger partial charge in [-0.2, -0.15) is 4.98 Å². The molecule has 6 heteroatoms. The predicted octanol–water partition coefficient (Wildman–Crippen LogP) is 2.76. The van der Waals surface area contributed by atoms with E-state index in [4.69, 9.17) is 21.9 Å². The molecule has 0 saturated heterocycles. The Kier molecular flexibility index (Phi) is 3.63. The lowest BCUT2D eigenvalue weighted by molar-refractivity contribution is 0.284. The summed E-state index contributed by atoms with van der Waals surface area (Å²) in [5.74, 6) is 0.852. The van der Waals surface area contributed by atoms with Gasteiger partial charge in [-0.1, -0.05) is 30.1 Å². The summed E-state index contributed by atoms with van der Waals surface area (Å²) in [7, 11) is 0. The van der Waals surface area contributed by atoms with Crippen molar-refractivity contribution in [3.8, 4) is 11.5 Å². The van der Waals surface area contributed by atoms with Crippen molar-refractivity contribution in [3.05, 3.63) is 29.2 Å². The third kappa shape index (κ3) is 2.68. The highest BCUT2D eigenvalue weighted by Crippen LogP contribution is 2.24. The highest BCUT2D eigenvalue weighted by Gasteiger charge is 2.27. The SMILES string of the molecule is CCCC(C)(N)c1nc(-c2ccc(Cl)cn2)no1. The van der Waals surface area contributed by atoms with Crippen molar-refractivity contribution < 1.29 is 4.52 Å². The summed E-state index contributed by atoms with van der Waals surface area (Å²) in [6, 6.07) is 3.47. The summed E-state index contributed by atoms with van der Waals surface area (Å²) < 4.78 is 5.21. The first-order chi connectivity index (χ1) is 8.53. The van der Waals surface area contributed by atoms with Crippen LogP contribution in [0.5, 0.6) is 0 Å². The van der Waals surface area contributed by atoms with Crippen LogP contribution in [0.15, 0.2) is 22.9 Å². The van der Waals surface area contributed by atoms with E-state index in [9.17, 15) is 0 Å². The lowest BCUT2D eigenvalue weighted by atomic mass is 9.98. The molecule has 0 aliphatic carbocycles. The Morgan fingerprint density at radius 3 is 2.83 bits per heavy atom. The number of rotatable bonds is 4. The third-order valence-electron chi connectivity index (χ3n) is 2.64. The summed E-state index contributed by atoms with van der Waals surface area (Å²) in [5, 5.41) is 4.46. The summed E-state index contributed by atoms with van der Waals surface area (Å²) >= 11 is 5.77. The number of nitrogens with two attached hydrogens (primary N) is 1. The van der Waals surface area contributed by atoms with Gasteiger partial charge in [0.15, 0.2) is 0 Å². The lowest BCUT2D eigenvalue weighted by Crippen LogP contribution is -2.33. The first-order valence-electron chi connectivity index (χ1n) is 5.78. The number of aromatic nitrogens is 3. The largest absolute Gasteiger partial charge is 0.337 e. The average molecular weight is 267 g/mol. The van der Waals surface area contributed by atoms with E-state index in [2.05, 4.69) is 22.0 Å². The van der Waals surface area contributed by atoms with Crippen LogP contribution < -0.4 is 5.73 Å². The molecule has 2 rings (SSSR count). The van der Waals surface area contributed by atoms with Crippen molar-refractivity contribution >= 4 is 11.6 Å². The number of halogens is 1. The summed E-state index contributed by atoms with van der Waals surface area (Å²) in [4.78, 5) is 8.42. The molecule has 1 unspecified atom stereocenters. The zero-order chi connectivity index (χ0) is 13.2. The minimum atomic E-state index is -0.605. The second-order valence-corrected chi connectivity index (χ2v) is 4.89. The third-order valence-corrected chi connectivity index (χ3v) is 2.86. The molecule has 0 aliphatic heterocycles. The summed E-state index contributed by atoms with van der Waals surface area (Å²) in [6.07, 6.45) is 3.27. The van der Waals surface area contributed by atoms with E-state index >= 15 is 0 Å². The fourth-order valence-electron chi connectivity index (χ4n) is 1.69. The van der Waals surface area contributed by atoms with Crippen LogP contribution >= 0.6 is 11.6 Å². The van der Waals surface area contributed by atoms with Gasteiger partial charge in [-0.05, 0) is 25.5 Å². The molecule has 0 amide bonds. The molecular formula is C12H15ClN4O. The van der Waals surface area contributed by atoms with E-state index in [1.807, 2.05) is 6.92 Å². The quantitative estimate of drug-likeness (QED) is 0.921. The van der Waals surface area contributed by atoms with Gasteiger partial charge < -0.3 is 10.3 Å². The summed E-state index contributed by atoms with van der Waals surface area (Å²) in [5.41, 5.74) is 6.13. The highest BCUT2D eigenvalue weighted by atomic mass is 35.5. The van der Waals surface area contributed by atoms with Crippen molar-refractivity contribution in [1.82, 2.24) is 15.1 Å². The minimum absolute atomic E-state index is 0.425. The molecule has 96 valence electrons. The molecule has 2 heterocycles. The zero-order valence-corrected chi connectivity index (χ0v) is 11.1. The molecule has 0 bridgehead atoms. The molecule has 0 spiro atoms. The second-order valence-electron chi connectivity index (χ2n) is 4.45. The molecule has 2 aromatic heterocycles. The van der Waals surface area contributed by atoms with Gasteiger partial charge in [-0.25, -0.2) is 0 Å². The number of hydrogen-bond acceptors (Lipinski definition) is 5. The first kappa shape index (κ1) is 13.0. The molecular weight excluding hydrogens is 252 g/mol. The number of hydrogen-bond donors (Lipinski definition) is 1. The molecule has 0 aromatic carbocycles. The number of nitrogens with zero attached hydrogens (tertiary/aromatic N) is 3. The Morgan fingerprint density at radius 1 is 1.44 bits per heavy atom. The standard InChI is InChI=1S/C12H15ClN4O/c1-3-6-12(2,14)11-16-10(17-18-11)9-5-4-8(13)7-15-9/h4-5,7H,3,6,14H2,1-2H3. The van der Waals surface area contributed by atoms with Crippen molar-refractivity contribution in [2.24, 2.45) is 5.73 Å². The Labute approximate surface area is 110 Å². The molecule has 2 N–H and O–H groups in total. The van der Waals surface area contributed by atoms with Crippen LogP contribution in [0.1, 0.15) is 32.6 Å². The van der Waals surface area contributed by atoms with E-state index in [0.29, 0.717) is 22.4 Å². The van der Waals surface area contributed by atoms with Gasteiger partial charge in [0, 0.05) is 6.20 Å². The first-order valence-corrected chi connectivity index (χ1v) is 6.15. The molecule has 2 aromatic rings. The van der Waals surface area contributed by atoms with Gasteiger partial charge in [0.2, 0.25) is 11.7 Å². The van der Waals surface area contributed by atoms with E-state index in [1.54, 1.807) is 18.3 Å². The zero-order valence-electron chi connectivity index (χ0n) is 10.4. The highest BCUT2D eigenvalue weighted by molar-refractivity contribution is 6.30. The monoisotopic (exact) mass is 266 g/mol. The second kappa shape index (κ2) is 5.04. The van der Waals surface area contributed by atoms with Crippen molar-refractivity contribution in [2.45, 2.75) is 32.2 Å². The van der Waals surface area contributed by atoms with Crippen LogP contribution in [0.4, 0.5) is 0 Å². The van der Waals surface area contributed by atoms with Crippen molar-refractivity contribution in [3.63, 3.8) is 0 Å². The van der Waals surface area contributed by atoms with E-state index in [1.165, 1.54) is 0 Å². The fourth-order valence-corrected chi connectivity index (χ4v) is 1.81. The van der Waals surface area contributed by atoms with Crippen molar-refractivity contribution in [2.75, 3.05) is 0 Å². The molecule has 0 radical (unpaired) electrons. The predicted molar refractivity (Wildman–Crippen MR) is 69.0 cm³/mol. The maximum atomic E-state index is 6.13. The van der Waals surface area contributed by atoms with E-state index in [0.717, 1.165) is 12.8 Å². The average Bonchev–Trinajstić information content (AvgIpc) is 2.80. The van der Waals surface area contributed by atoms with E-state index < -0.39 is 5.54 Å². The van der Waals surface area contributed by atoms with Gasteiger partial charge in [0.25, 0.3) is 0 Å². The van der Waals surface area contributed by atoms with Crippen LogP contribution in [-0.2, 0) is 5.54 Å². The minimum Gasteiger partial charge on any atom is -0.337 e. The smallest absolute Gasteiger partial charge is 0.246 e. The Hall–Kier alpha value is -1.46. The van der Waals surface area contributed by atoms with Gasteiger partial charge in [0.1, 0.15) is 5.69 Å². The lowest BCUT2D eigenvalue weighted by Gasteiger charge is -2.18. The number of pyridine rings is 1. The van der Waals surface area contributed by atoms with E-state index in [-0.39, 0.29) is 0 Å². The molecule has 1 atom stereocenters. The van der Waals surface area contributed by atoms with Crippen LogP contribution in [-0.4, -0.2) is 15.1 Å². The van der Waals surface area contributed by atoms with Crippen LogP contribution in [0.25, 0.3) is 11.5 Å². The van der Waals surface area contributed by atoms with Gasteiger partial charge in [-0.15, -0.1) is 0 Å². The Balaban J connectivity index is 2.28. The Bertz CT molecular complexity index is 521. The van der Waals surface area contributed by atoms with Gasteiger partial charge in [-0.3, -0.25) is 4.98 Å². The normalized spacial score (nSPS) is 14.4. The molecule has 0 fully saturated rings. The molecule has 18 heavy (non-hydrogen) atoms. The van der Waals surface area contributed by atoms with Crippen LogP contribution in [0, 0.1) is 0 Å². The topological polar surface area (TPSA) is 77.8 Å². The Morgan fingerprint density at radius 2 is 2.22 bits per heavy atom. The van der Waals surface area contributed by atoms with Gasteiger partial charge in [0.05, 0.1) is 10.6 Å². The molecule has 5 nitrogen and oxygen atoms in total. The molecule has 0 saturated carbocycles. The maximum absolute atomic E-state index is 6.13. The van der Waals surface area contributed by atoms with Crippen LogP contribution in [0.2, 0.25) is 5.02 Å². The molecule has 0 aliphatic rings. The fraction of sp³-hybridized carbons (Fsp3) is 0.417. The van der Waals surface area contributed by atoms with Crippen LogP contribution in [0.3, 0.4) is 0 Å². The maximum Gasteiger partial charge on any atom is 0.246 e. The van der Waals surface area contributed by atoms with Gasteiger partial charge >= 0.3 is 0 Å².